The molecule has 1 aromatic carbocycles. The second-order valence-electron chi connectivity index (χ2n) is 8.35. The van der Waals surface area contributed by atoms with Gasteiger partial charge < -0.3 is 9.73 Å². The number of nitrogens with one attached hydrogen (secondary N) is 1. The molecule has 0 aliphatic heterocycles. The van der Waals surface area contributed by atoms with Gasteiger partial charge in [0.2, 0.25) is 5.89 Å². The fourth-order valence-corrected chi connectivity index (χ4v) is 4.68. The molecule has 0 bridgehead atoms. The number of aryl methyl sites for hydroxylation is 1. The zero-order valence-electron chi connectivity index (χ0n) is 16.1. The van der Waals surface area contributed by atoms with Crippen molar-refractivity contribution in [3.05, 3.63) is 35.7 Å². The average Bonchev–Trinajstić information content (AvgIpc) is 3.11. The highest BCUT2D eigenvalue weighted by atomic mass is 16.3. The summed E-state index contributed by atoms with van der Waals surface area (Å²) in [5.41, 5.74) is 4.82. The van der Waals surface area contributed by atoms with Crippen molar-refractivity contribution in [1.82, 2.24) is 4.98 Å². The predicted octanol–water partition coefficient (Wildman–Crippen LogP) is 6.52. The largest absolute Gasteiger partial charge is 0.444 e. The minimum atomic E-state index is 0.621. The lowest BCUT2D eigenvalue weighted by Crippen LogP contribution is -2.23. The Morgan fingerprint density at radius 3 is 2.42 bits per heavy atom. The molecule has 0 saturated heterocycles. The molecule has 4 rings (SSSR count). The van der Waals surface area contributed by atoms with Gasteiger partial charge in [0.05, 0.1) is 5.69 Å². The maximum Gasteiger partial charge on any atom is 0.226 e. The summed E-state index contributed by atoms with van der Waals surface area (Å²) in [5.74, 6) is 1.59. The van der Waals surface area contributed by atoms with Crippen molar-refractivity contribution in [1.29, 1.82) is 0 Å². The monoisotopic (exact) mass is 352 g/mol. The van der Waals surface area contributed by atoms with Crippen molar-refractivity contribution < 1.29 is 4.42 Å². The molecule has 3 nitrogen and oxygen atoms in total. The topological polar surface area (TPSA) is 38.1 Å². The van der Waals surface area contributed by atoms with E-state index in [-0.39, 0.29) is 0 Å². The van der Waals surface area contributed by atoms with Gasteiger partial charge in [-0.05, 0) is 49.8 Å². The van der Waals surface area contributed by atoms with Gasteiger partial charge in [0.1, 0.15) is 6.26 Å². The van der Waals surface area contributed by atoms with Gasteiger partial charge in [-0.25, -0.2) is 4.98 Å². The Morgan fingerprint density at radius 2 is 1.73 bits per heavy atom. The van der Waals surface area contributed by atoms with Crippen LogP contribution in [0, 0.1) is 12.8 Å². The Kier molecular flexibility index (Phi) is 5.62. The van der Waals surface area contributed by atoms with E-state index in [9.17, 15) is 0 Å². The second kappa shape index (κ2) is 8.28. The highest BCUT2D eigenvalue weighted by molar-refractivity contribution is 5.65. The highest BCUT2D eigenvalue weighted by Crippen LogP contribution is 2.33. The molecule has 0 unspecified atom stereocenters. The summed E-state index contributed by atoms with van der Waals surface area (Å²) in [5, 5.41) is 3.89. The number of nitrogens with zero attached hydrogens (tertiary/aromatic N) is 1. The van der Waals surface area contributed by atoms with Crippen LogP contribution >= 0.6 is 0 Å². The van der Waals surface area contributed by atoms with Crippen LogP contribution in [0.25, 0.3) is 11.5 Å². The third-order valence-corrected chi connectivity index (χ3v) is 6.17. The van der Waals surface area contributed by atoms with Crippen LogP contribution in [0.3, 0.4) is 0 Å². The van der Waals surface area contributed by atoms with Gasteiger partial charge in [-0.15, -0.1) is 0 Å². The standard InChI is InChI=1S/C23H32N2O/c1-17-16-26-23(24-17)20-13-12-19(14-18-8-4-2-5-9-18)22(15-20)25-21-10-6-3-7-11-21/h12-13,15-16,18,21,25H,2-11,14H2,1H3. The number of benzene rings is 1. The molecule has 1 aromatic heterocycles. The normalized spacial score (nSPS) is 19.6. The number of hydrogen-bond acceptors (Lipinski definition) is 3. The molecule has 2 aliphatic rings. The smallest absolute Gasteiger partial charge is 0.226 e. The van der Waals surface area contributed by atoms with Gasteiger partial charge in [0, 0.05) is 17.3 Å². The molecule has 3 heteroatoms. The van der Waals surface area contributed by atoms with E-state index in [1.54, 1.807) is 6.26 Å². The first-order valence-corrected chi connectivity index (χ1v) is 10.6. The lowest BCUT2D eigenvalue weighted by Gasteiger charge is -2.27. The summed E-state index contributed by atoms with van der Waals surface area (Å²) in [6.45, 7) is 1.98. The van der Waals surface area contributed by atoms with Gasteiger partial charge in [-0.2, -0.15) is 0 Å². The van der Waals surface area contributed by atoms with E-state index < -0.39 is 0 Å². The van der Waals surface area contributed by atoms with Crippen molar-refractivity contribution in [2.24, 2.45) is 5.92 Å². The van der Waals surface area contributed by atoms with Crippen LogP contribution < -0.4 is 5.32 Å². The number of hydrogen-bond donors (Lipinski definition) is 1. The van der Waals surface area contributed by atoms with Gasteiger partial charge in [0.25, 0.3) is 0 Å². The zero-order chi connectivity index (χ0) is 17.8. The molecule has 1 N–H and O–H groups in total. The summed E-state index contributed by atoms with van der Waals surface area (Å²) < 4.78 is 5.65. The van der Waals surface area contributed by atoms with E-state index in [2.05, 4.69) is 28.5 Å². The van der Waals surface area contributed by atoms with Crippen molar-refractivity contribution in [3.8, 4) is 11.5 Å². The number of rotatable bonds is 5. The summed E-state index contributed by atoms with van der Waals surface area (Å²) in [6.07, 6.45) is 16.7. The fraction of sp³-hybridized carbons (Fsp3) is 0.609. The van der Waals surface area contributed by atoms with E-state index >= 15 is 0 Å². The molecule has 2 saturated carbocycles. The Balaban J connectivity index is 1.58. The van der Waals surface area contributed by atoms with E-state index in [0.717, 1.165) is 23.1 Å². The van der Waals surface area contributed by atoms with Crippen molar-refractivity contribution >= 4 is 5.69 Å². The van der Waals surface area contributed by atoms with E-state index in [1.165, 1.54) is 81.9 Å². The predicted molar refractivity (Wildman–Crippen MR) is 107 cm³/mol. The summed E-state index contributed by atoms with van der Waals surface area (Å²) >= 11 is 0. The minimum absolute atomic E-state index is 0.621. The molecular weight excluding hydrogens is 320 g/mol. The fourth-order valence-electron chi connectivity index (χ4n) is 4.68. The first-order chi connectivity index (χ1) is 12.8. The first kappa shape index (κ1) is 17.6. The molecule has 0 amide bonds. The van der Waals surface area contributed by atoms with Gasteiger partial charge in [-0.1, -0.05) is 57.4 Å². The van der Waals surface area contributed by atoms with Crippen LogP contribution in [0.15, 0.2) is 28.9 Å². The van der Waals surface area contributed by atoms with Crippen LogP contribution in [0.2, 0.25) is 0 Å². The third kappa shape index (κ3) is 4.31. The molecule has 0 spiro atoms. The Labute approximate surface area is 157 Å². The van der Waals surface area contributed by atoms with Gasteiger partial charge in [-0.3, -0.25) is 0 Å². The van der Waals surface area contributed by atoms with E-state index in [1.807, 2.05) is 6.92 Å². The van der Waals surface area contributed by atoms with Gasteiger partial charge >= 0.3 is 0 Å². The maximum atomic E-state index is 5.65. The summed E-state index contributed by atoms with van der Waals surface area (Å²) in [7, 11) is 0. The van der Waals surface area contributed by atoms with Crippen molar-refractivity contribution in [2.45, 2.75) is 83.6 Å². The van der Waals surface area contributed by atoms with Gasteiger partial charge in [0.15, 0.2) is 0 Å². The Morgan fingerprint density at radius 1 is 1.00 bits per heavy atom. The maximum absolute atomic E-state index is 5.65. The molecular formula is C23H32N2O. The lowest BCUT2D eigenvalue weighted by atomic mass is 9.84. The molecule has 140 valence electrons. The number of anilines is 1. The Bertz CT molecular complexity index is 709. The molecule has 2 fully saturated rings. The van der Waals surface area contributed by atoms with Crippen molar-refractivity contribution in [2.75, 3.05) is 5.32 Å². The SMILES string of the molecule is Cc1coc(-c2ccc(CC3CCCCC3)c(NC3CCCCC3)c2)n1. The summed E-state index contributed by atoms with van der Waals surface area (Å²) in [6, 6.07) is 7.40. The third-order valence-electron chi connectivity index (χ3n) is 6.17. The minimum Gasteiger partial charge on any atom is -0.444 e. The highest BCUT2D eigenvalue weighted by Gasteiger charge is 2.19. The zero-order valence-corrected chi connectivity index (χ0v) is 16.1. The molecule has 0 atom stereocenters. The van der Waals surface area contributed by atoms with Crippen molar-refractivity contribution in [3.63, 3.8) is 0 Å². The molecule has 1 heterocycles. The van der Waals surface area contributed by atoms with Crippen LogP contribution in [0.1, 0.15) is 75.5 Å². The van der Waals surface area contributed by atoms with E-state index in [0.29, 0.717) is 6.04 Å². The second-order valence-corrected chi connectivity index (χ2v) is 8.35. The molecule has 26 heavy (non-hydrogen) atoms. The molecule has 0 radical (unpaired) electrons. The molecule has 2 aliphatic carbocycles. The summed E-state index contributed by atoms with van der Waals surface area (Å²) in [4.78, 5) is 4.52. The van der Waals surface area contributed by atoms with E-state index in [4.69, 9.17) is 4.42 Å². The lowest BCUT2D eigenvalue weighted by molar-refractivity contribution is 0.357. The number of aromatic nitrogens is 1. The quantitative estimate of drug-likeness (QED) is 0.666. The van der Waals surface area contributed by atoms with Crippen LogP contribution in [0.4, 0.5) is 5.69 Å². The first-order valence-electron chi connectivity index (χ1n) is 10.6. The number of oxazole rings is 1. The van der Waals surface area contributed by atoms with Crippen LogP contribution in [0.5, 0.6) is 0 Å². The average molecular weight is 353 g/mol. The Hall–Kier alpha value is -1.77. The molecule has 2 aromatic rings. The van der Waals surface area contributed by atoms with Crippen LogP contribution in [-0.4, -0.2) is 11.0 Å². The van der Waals surface area contributed by atoms with Crippen LogP contribution in [-0.2, 0) is 6.42 Å².